The van der Waals surface area contributed by atoms with E-state index in [0.29, 0.717) is 26.7 Å². The lowest BCUT2D eigenvalue weighted by Gasteiger charge is -2.42. The smallest absolute Gasteiger partial charge is 0.0880 e. The van der Waals surface area contributed by atoms with Crippen molar-refractivity contribution in [3.05, 3.63) is 76.8 Å². The molecule has 6 rings (SSSR count). The van der Waals surface area contributed by atoms with Crippen LogP contribution < -0.4 is 0 Å². The first-order chi connectivity index (χ1) is 20.6. The lowest BCUT2D eigenvalue weighted by atomic mass is 9.62. The fourth-order valence-electron chi connectivity index (χ4n) is 5.77. The quantitative estimate of drug-likeness (QED) is 0.223. The highest BCUT2D eigenvalue weighted by Gasteiger charge is 2.39. The van der Waals surface area contributed by atoms with Crippen molar-refractivity contribution in [2.45, 2.75) is 84.4 Å². The van der Waals surface area contributed by atoms with Crippen molar-refractivity contribution in [3.8, 4) is 11.3 Å². The van der Waals surface area contributed by atoms with E-state index in [4.69, 9.17) is 14.6 Å². The van der Waals surface area contributed by atoms with Crippen molar-refractivity contribution < 1.29 is 12.3 Å². The van der Waals surface area contributed by atoms with Crippen LogP contribution in [0.2, 0.25) is 0 Å². The summed E-state index contributed by atoms with van der Waals surface area (Å²) in [6, 6.07) is 2.07. The van der Waals surface area contributed by atoms with Gasteiger partial charge in [-0.05, 0) is 87.1 Å². The van der Waals surface area contributed by atoms with Gasteiger partial charge in [-0.25, -0.2) is 0 Å². The Morgan fingerprint density at radius 3 is 2.47 bits per heavy atom. The Kier molecular flexibility index (Phi) is 3.30. The zero-order valence-corrected chi connectivity index (χ0v) is 22.8. The van der Waals surface area contributed by atoms with Crippen LogP contribution in [0, 0.1) is 6.85 Å². The molecule has 0 aliphatic heterocycles. The summed E-state index contributed by atoms with van der Waals surface area (Å²) in [5, 5.41) is 1.58. The van der Waals surface area contributed by atoms with Crippen molar-refractivity contribution >= 4 is 42.3 Å². The molecule has 0 spiro atoms. The topological polar surface area (TPSA) is 12.9 Å². The highest BCUT2D eigenvalue weighted by molar-refractivity contribution is 7.26. The van der Waals surface area contributed by atoms with Gasteiger partial charge in [0.25, 0.3) is 0 Å². The van der Waals surface area contributed by atoms with E-state index in [1.54, 1.807) is 6.20 Å². The molecular weight excluding hydrogens is 454 g/mol. The average Bonchev–Trinajstić information content (AvgIpc) is 3.31. The van der Waals surface area contributed by atoms with Crippen molar-refractivity contribution in [3.63, 3.8) is 0 Å². The Hall–Kier alpha value is -2.71. The summed E-state index contributed by atoms with van der Waals surface area (Å²) in [6.07, 6.45) is 3.46. The molecule has 0 unspecified atom stereocenters. The molecular formula is C34H37NS. The summed E-state index contributed by atoms with van der Waals surface area (Å²) in [5.41, 5.74) is 2.27. The van der Waals surface area contributed by atoms with Gasteiger partial charge in [0.15, 0.2) is 0 Å². The Morgan fingerprint density at radius 2 is 1.72 bits per heavy atom. The molecule has 2 heterocycles. The normalized spacial score (nSPS) is 21.0. The van der Waals surface area contributed by atoms with Crippen LogP contribution >= 0.6 is 11.3 Å². The molecule has 0 N–H and O–H groups in total. The molecule has 2 aromatic heterocycles. The van der Waals surface area contributed by atoms with Gasteiger partial charge in [0.2, 0.25) is 0 Å². The fourth-order valence-corrected chi connectivity index (χ4v) is 7.31. The number of benzene rings is 3. The van der Waals surface area contributed by atoms with Crippen LogP contribution in [0.3, 0.4) is 0 Å². The first-order valence-electron chi connectivity index (χ1n) is 17.0. The molecule has 1 aliphatic carbocycles. The molecule has 1 aliphatic rings. The van der Waals surface area contributed by atoms with Crippen LogP contribution in [0.25, 0.3) is 42.2 Å². The zero-order valence-electron chi connectivity index (χ0n) is 31.0. The second-order valence-corrected chi connectivity index (χ2v) is 13.5. The summed E-state index contributed by atoms with van der Waals surface area (Å²) in [5.74, 6) is 0. The summed E-state index contributed by atoms with van der Waals surface area (Å²) in [6.45, 7) is 12.0. The van der Waals surface area contributed by atoms with Crippen LogP contribution in [-0.4, -0.2) is 4.98 Å². The summed E-state index contributed by atoms with van der Waals surface area (Å²) in [7, 11) is 0. The van der Waals surface area contributed by atoms with Gasteiger partial charge < -0.3 is 0 Å². The molecule has 5 aromatic rings. The number of fused-ring (bicyclic) bond motifs is 6. The summed E-state index contributed by atoms with van der Waals surface area (Å²) < 4.78 is 80.3. The third-order valence-corrected chi connectivity index (χ3v) is 9.09. The Morgan fingerprint density at radius 1 is 0.972 bits per heavy atom. The SMILES string of the molecule is [2H]c1c([2H])c([2H])c2c(C(C)(C)C)c([2H])c(-c3nccc4c3sc3c5c(cc(C([2H])([2H])[2H])c34)C(C)(C)CCC5(C)C)c([2H])c2c1[2H]. The van der Waals surface area contributed by atoms with E-state index < -0.39 is 24.4 Å². The number of aryl methyl sites for hydroxylation is 1. The lowest BCUT2D eigenvalue weighted by Crippen LogP contribution is -2.34. The number of thiophene rings is 1. The number of nitrogens with zero attached hydrogens (tertiary/aromatic N) is 1. The Bertz CT molecular complexity index is 2100. The third-order valence-electron chi connectivity index (χ3n) is 7.86. The van der Waals surface area contributed by atoms with Crippen molar-refractivity contribution in [2.24, 2.45) is 0 Å². The van der Waals surface area contributed by atoms with Crippen molar-refractivity contribution in [1.29, 1.82) is 0 Å². The van der Waals surface area contributed by atoms with E-state index in [2.05, 4.69) is 27.7 Å². The fraction of sp³-hybridized carbons (Fsp3) is 0.382. The number of rotatable bonds is 1. The van der Waals surface area contributed by atoms with Crippen molar-refractivity contribution in [1.82, 2.24) is 4.98 Å². The molecule has 0 amide bonds. The molecule has 36 heavy (non-hydrogen) atoms. The maximum absolute atomic E-state index is 9.47. The van der Waals surface area contributed by atoms with Crippen molar-refractivity contribution in [2.75, 3.05) is 0 Å². The maximum Gasteiger partial charge on any atom is 0.0880 e. The van der Waals surface area contributed by atoms with E-state index >= 15 is 0 Å². The van der Waals surface area contributed by atoms with Gasteiger partial charge in [-0.2, -0.15) is 0 Å². The highest BCUT2D eigenvalue weighted by atomic mass is 32.1. The van der Waals surface area contributed by atoms with E-state index in [-0.39, 0.29) is 56.9 Å². The van der Waals surface area contributed by atoms with Crippen LogP contribution in [0.4, 0.5) is 0 Å². The molecule has 184 valence electrons. The molecule has 0 saturated heterocycles. The summed E-state index contributed by atoms with van der Waals surface area (Å²) >= 11 is 1.45. The van der Waals surface area contributed by atoms with E-state index in [0.717, 1.165) is 28.7 Å². The molecule has 2 heteroatoms. The largest absolute Gasteiger partial charge is 0.255 e. The van der Waals surface area contributed by atoms with Crippen LogP contribution in [0.15, 0.2) is 54.6 Å². The minimum atomic E-state index is -2.38. The monoisotopic (exact) mass is 500 g/mol. The number of hydrogen-bond donors (Lipinski definition) is 0. The minimum absolute atomic E-state index is 0.0120. The van der Waals surface area contributed by atoms with Gasteiger partial charge in [0.05, 0.1) is 18.6 Å². The molecule has 0 bridgehead atoms. The molecule has 3 aromatic carbocycles. The standard InChI is InChI=1S/C34H37NS/c1-20-17-26-28(34(7,8)15-14-33(26,5)6)31-27(20)24-13-16-35-29(30(24)36-31)22-18-21-11-9-10-12-23(21)25(19-22)32(2,3)4/h9-13,16-19H,14-15H2,1-8H3/i1D3,9D,10D,11D,12D,18D,19D. The maximum atomic E-state index is 9.47. The third kappa shape index (κ3) is 3.44. The van der Waals surface area contributed by atoms with E-state index in [9.17, 15) is 2.74 Å². The molecule has 1 nitrogen and oxygen atoms in total. The Balaban J connectivity index is 1.86. The molecule has 0 atom stereocenters. The van der Waals surface area contributed by atoms with Gasteiger partial charge in [0.1, 0.15) is 0 Å². The second kappa shape index (κ2) is 7.65. The van der Waals surface area contributed by atoms with Crippen LogP contribution in [-0.2, 0) is 16.2 Å². The summed E-state index contributed by atoms with van der Waals surface area (Å²) in [4.78, 5) is 4.72. The van der Waals surface area contributed by atoms with Gasteiger partial charge in [-0.3, -0.25) is 4.98 Å². The van der Waals surface area contributed by atoms with Crippen LogP contribution in [0.5, 0.6) is 0 Å². The van der Waals surface area contributed by atoms with E-state index in [1.807, 2.05) is 32.9 Å². The van der Waals surface area contributed by atoms with Gasteiger partial charge >= 0.3 is 0 Å². The predicted octanol–water partition coefficient (Wildman–Crippen LogP) is 10.2. The highest BCUT2D eigenvalue weighted by Crippen LogP contribution is 2.53. The average molecular weight is 501 g/mol. The predicted molar refractivity (Wildman–Crippen MR) is 159 cm³/mol. The number of pyridine rings is 1. The number of aromatic nitrogens is 1. The lowest BCUT2D eigenvalue weighted by molar-refractivity contribution is 0.334. The first-order valence-corrected chi connectivity index (χ1v) is 13.4. The molecule has 0 fully saturated rings. The van der Waals surface area contributed by atoms with Gasteiger partial charge in [-0.15, -0.1) is 11.3 Å². The van der Waals surface area contributed by atoms with E-state index in [1.165, 1.54) is 11.3 Å². The first kappa shape index (κ1) is 15.5. The minimum Gasteiger partial charge on any atom is -0.255 e. The van der Waals surface area contributed by atoms with Gasteiger partial charge in [0, 0.05) is 31.3 Å². The second-order valence-electron chi connectivity index (χ2n) is 12.5. The van der Waals surface area contributed by atoms with Gasteiger partial charge in [-0.1, -0.05) is 78.7 Å². The molecule has 0 saturated carbocycles. The zero-order chi connectivity index (χ0) is 33.3. The molecule has 0 radical (unpaired) electrons. The number of hydrogen-bond acceptors (Lipinski definition) is 2. The Labute approximate surface area is 232 Å². The van der Waals surface area contributed by atoms with Crippen LogP contribution in [0.1, 0.15) is 95.9 Å².